The third-order valence-corrected chi connectivity index (χ3v) is 5.89. The number of likely N-dealkylation sites (N-methyl/N-ethyl adjacent to an activating group) is 1. The number of quaternary nitrogens is 1. The van der Waals surface area contributed by atoms with Gasteiger partial charge in [0.05, 0.1) is 27.8 Å². The zero-order chi connectivity index (χ0) is 17.8. The van der Waals surface area contributed by atoms with E-state index >= 15 is 0 Å². The van der Waals surface area contributed by atoms with Gasteiger partial charge in [0, 0.05) is 24.0 Å². The zero-order valence-electron chi connectivity index (χ0n) is 14.9. The summed E-state index contributed by atoms with van der Waals surface area (Å²) in [5.41, 5.74) is 4.82. The van der Waals surface area contributed by atoms with Crippen molar-refractivity contribution in [1.29, 1.82) is 0 Å². The lowest BCUT2D eigenvalue weighted by atomic mass is 9.81. The molecule has 2 aliphatic rings. The molecule has 0 aliphatic carbocycles. The lowest BCUT2D eigenvalue weighted by Gasteiger charge is -2.49. The van der Waals surface area contributed by atoms with Crippen LogP contribution in [0.5, 0.6) is 23.0 Å². The van der Waals surface area contributed by atoms with Crippen LogP contribution in [0.3, 0.4) is 0 Å². The van der Waals surface area contributed by atoms with Crippen molar-refractivity contribution in [2.45, 2.75) is 25.4 Å². The van der Waals surface area contributed by atoms with E-state index in [1.807, 2.05) is 24.3 Å². The van der Waals surface area contributed by atoms with Crippen LogP contribution >= 0.6 is 0 Å². The second-order valence-corrected chi connectivity index (χ2v) is 7.35. The maximum atomic E-state index is 10.3. The molecule has 2 atom stereocenters. The molecule has 4 rings (SSSR count). The summed E-state index contributed by atoms with van der Waals surface area (Å²) in [5.74, 6) is 1.45. The normalized spacial score (nSPS) is 24.0. The van der Waals surface area contributed by atoms with Crippen LogP contribution in [0.2, 0.25) is 0 Å². The van der Waals surface area contributed by atoms with E-state index in [1.165, 1.54) is 16.7 Å². The SMILES string of the molecule is COc1cc2c(cc1O)C[C@@H]1c3cc(O)c(OC)cc3CC[N@+]1(C)C2. The van der Waals surface area contributed by atoms with Crippen molar-refractivity contribution in [3.05, 3.63) is 46.5 Å². The van der Waals surface area contributed by atoms with E-state index < -0.39 is 0 Å². The molecule has 0 fully saturated rings. The van der Waals surface area contributed by atoms with Gasteiger partial charge >= 0.3 is 0 Å². The van der Waals surface area contributed by atoms with Crippen LogP contribution in [0.25, 0.3) is 0 Å². The van der Waals surface area contributed by atoms with Crippen LogP contribution in [-0.2, 0) is 19.4 Å². The molecule has 5 heteroatoms. The molecule has 2 aliphatic heterocycles. The highest BCUT2D eigenvalue weighted by molar-refractivity contribution is 5.51. The molecule has 0 amide bonds. The molecular formula is C20H24NO4+. The number of aromatic hydroxyl groups is 2. The predicted octanol–water partition coefficient (Wildman–Crippen LogP) is 2.92. The average molecular weight is 342 g/mol. The Morgan fingerprint density at radius 3 is 2.24 bits per heavy atom. The van der Waals surface area contributed by atoms with Crippen molar-refractivity contribution >= 4 is 0 Å². The largest absolute Gasteiger partial charge is 0.504 e. The van der Waals surface area contributed by atoms with Crippen LogP contribution in [0.4, 0.5) is 0 Å². The third kappa shape index (κ3) is 2.42. The van der Waals surface area contributed by atoms with Crippen molar-refractivity contribution in [2.24, 2.45) is 0 Å². The quantitative estimate of drug-likeness (QED) is 0.824. The van der Waals surface area contributed by atoms with E-state index in [4.69, 9.17) is 9.47 Å². The first-order chi connectivity index (χ1) is 11.9. The molecule has 2 aromatic rings. The molecule has 0 spiro atoms. The summed E-state index contributed by atoms with van der Waals surface area (Å²) >= 11 is 0. The molecule has 2 aromatic carbocycles. The lowest BCUT2D eigenvalue weighted by Crippen LogP contribution is -2.53. The van der Waals surface area contributed by atoms with Crippen molar-refractivity contribution in [3.8, 4) is 23.0 Å². The van der Waals surface area contributed by atoms with Gasteiger partial charge in [0.15, 0.2) is 23.0 Å². The minimum Gasteiger partial charge on any atom is -0.504 e. The second kappa shape index (κ2) is 5.56. The van der Waals surface area contributed by atoms with Gasteiger partial charge in [-0.1, -0.05) is 0 Å². The highest BCUT2D eigenvalue weighted by atomic mass is 16.5. The molecule has 25 heavy (non-hydrogen) atoms. The molecule has 0 aromatic heterocycles. The number of methoxy groups -OCH3 is 2. The van der Waals surface area contributed by atoms with E-state index in [9.17, 15) is 10.2 Å². The summed E-state index contributed by atoms with van der Waals surface area (Å²) in [6, 6.07) is 7.89. The molecular weight excluding hydrogens is 318 g/mol. The summed E-state index contributed by atoms with van der Waals surface area (Å²) in [7, 11) is 5.44. The molecule has 132 valence electrons. The van der Waals surface area contributed by atoms with Crippen LogP contribution in [-0.4, -0.2) is 42.5 Å². The Bertz CT molecular complexity index is 848. The van der Waals surface area contributed by atoms with Gasteiger partial charge in [-0.15, -0.1) is 0 Å². The number of hydrogen-bond donors (Lipinski definition) is 2. The standard InChI is InChI=1S/C20H23NO4/c1-21-5-4-12-8-19(24-2)18(23)10-15(12)16(21)6-13-7-17(22)20(25-3)9-14(13)11-21/h7-10,16H,4-6,11H2,1-3H3,(H-,22,23)/p+1/t16-,21-/m1/s1. The molecule has 0 radical (unpaired) electrons. The highest BCUT2D eigenvalue weighted by Gasteiger charge is 2.43. The zero-order valence-corrected chi connectivity index (χ0v) is 14.9. The number of phenolic OH excluding ortho intramolecular Hbond substituents is 2. The molecule has 0 unspecified atom stereocenters. The van der Waals surface area contributed by atoms with Crippen molar-refractivity contribution < 1.29 is 24.2 Å². The summed E-state index contributed by atoms with van der Waals surface area (Å²) in [6.07, 6.45) is 1.80. The van der Waals surface area contributed by atoms with E-state index in [0.717, 1.165) is 36.0 Å². The van der Waals surface area contributed by atoms with Crippen molar-refractivity contribution in [2.75, 3.05) is 27.8 Å². The van der Waals surface area contributed by atoms with Crippen LogP contribution in [0.15, 0.2) is 24.3 Å². The van der Waals surface area contributed by atoms with Gasteiger partial charge in [-0.05, 0) is 35.4 Å². The summed E-state index contributed by atoms with van der Waals surface area (Å²) in [6.45, 7) is 1.93. The Hall–Kier alpha value is -2.40. The fourth-order valence-corrected chi connectivity index (χ4v) is 4.46. The summed E-state index contributed by atoms with van der Waals surface area (Å²) in [4.78, 5) is 0. The Morgan fingerprint density at radius 2 is 1.56 bits per heavy atom. The number of phenols is 2. The van der Waals surface area contributed by atoms with Crippen LogP contribution in [0.1, 0.15) is 28.3 Å². The van der Waals surface area contributed by atoms with Crippen LogP contribution < -0.4 is 9.47 Å². The Kier molecular flexibility index (Phi) is 3.58. The Morgan fingerprint density at radius 1 is 0.920 bits per heavy atom. The van der Waals surface area contributed by atoms with Crippen molar-refractivity contribution in [1.82, 2.24) is 0 Å². The van der Waals surface area contributed by atoms with Crippen LogP contribution in [0, 0.1) is 0 Å². The van der Waals surface area contributed by atoms with Gasteiger partial charge in [0.1, 0.15) is 12.6 Å². The van der Waals surface area contributed by atoms with E-state index in [2.05, 4.69) is 7.05 Å². The number of hydrogen-bond acceptors (Lipinski definition) is 4. The molecule has 5 nitrogen and oxygen atoms in total. The summed E-state index contributed by atoms with van der Waals surface area (Å²) in [5, 5.41) is 20.4. The minimum absolute atomic E-state index is 0.186. The van der Waals surface area contributed by atoms with Gasteiger partial charge in [0.25, 0.3) is 0 Å². The molecule has 0 saturated carbocycles. The number of ether oxygens (including phenoxy) is 2. The summed E-state index contributed by atoms with van der Waals surface area (Å²) < 4.78 is 11.4. The maximum absolute atomic E-state index is 10.3. The predicted molar refractivity (Wildman–Crippen MR) is 94.2 cm³/mol. The monoisotopic (exact) mass is 342 g/mol. The fraction of sp³-hybridized carbons (Fsp3) is 0.400. The number of rotatable bonds is 2. The number of nitrogens with zero attached hydrogens (tertiary/aromatic N) is 1. The Labute approximate surface area is 147 Å². The topological polar surface area (TPSA) is 58.9 Å². The molecule has 2 N–H and O–H groups in total. The van der Waals surface area contributed by atoms with Gasteiger partial charge in [0.2, 0.25) is 0 Å². The average Bonchev–Trinajstić information content (AvgIpc) is 2.59. The van der Waals surface area contributed by atoms with E-state index in [-0.39, 0.29) is 17.5 Å². The fourth-order valence-electron chi connectivity index (χ4n) is 4.46. The first-order valence-electron chi connectivity index (χ1n) is 8.58. The van der Waals surface area contributed by atoms with Gasteiger partial charge < -0.3 is 24.2 Å². The number of fused-ring (bicyclic) bond motifs is 4. The van der Waals surface area contributed by atoms with Gasteiger partial charge in [-0.2, -0.15) is 0 Å². The molecule has 0 saturated heterocycles. The highest BCUT2D eigenvalue weighted by Crippen LogP contribution is 2.47. The Balaban J connectivity index is 1.81. The first-order valence-corrected chi connectivity index (χ1v) is 8.58. The lowest BCUT2D eigenvalue weighted by molar-refractivity contribution is -0.956. The van der Waals surface area contributed by atoms with E-state index in [0.29, 0.717) is 11.5 Å². The third-order valence-electron chi connectivity index (χ3n) is 5.89. The van der Waals surface area contributed by atoms with Gasteiger partial charge in [-0.25, -0.2) is 0 Å². The molecule has 2 heterocycles. The van der Waals surface area contributed by atoms with Gasteiger partial charge in [-0.3, -0.25) is 0 Å². The second-order valence-electron chi connectivity index (χ2n) is 7.35. The molecule has 0 bridgehead atoms. The van der Waals surface area contributed by atoms with E-state index in [1.54, 1.807) is 14.2 Å². The van der Waals surface area contributed by atoms with Crippen molar-refractivity contribution in [3.63, 3.8) is 0 Å². The number of benzene rings is 2. The smallest absolute Gasteiger partial charge is 0.160 e. The first kappa shape index (κ1) is 16.1. The maximum Gasteiger partial charge on any atom is 0.160 e. The minimum atomic E-state index is 0.186.